The fourth-order valence-corrected chi connectivity index (χ4v) is 1.45. The minimum Gasteiger partial charge on any atom is -0.464 e. The monoisotopic (exact) mass is 262 g/mol. The van der Waals surface area contributed by atoms with Crippen molar-refractivity contribution in [3.05, 3.63) is 41.5 Å². The summed E-state index contributed by atoms with van der Waals surface area (Å²) in [5.41, 5.74) is 2.03. The zero-order valence-corrected chi connectivity index (χ0v) is 11.1. The molecule has 4 nitrogen and oxygen atoms in total. The van der Waals surface area contributed by atoms with Gasteiger partial charge < -0.3 is 9.84 Å². The first-order chi connectivity index (χ1) is 9.02. The summed E-state index contributed by atoms with van der Waals surface area (Å²) in [7, 11) is 0. The molecule has 0 aliphatic rings. The van der Waals surface area contributed by atoms with Crippen LogP contribution >= 0.6 is 0 Å². The van der Waals surface area contributed by atoms with Crippen LogP contribution in [0.5, 0.6) is 0 Å². The molecule has 4 heteroatoms. The summed E-state index contributed by atoms with van der Waals surface area (Å²) < 4.78 is 4.62. The molecule has 0 bridgehead atoms. The molecule has 0 aromatic heterocycles. The molecule has 1 N–H and O–H groups in total. The van der Waals surface area contributed by atoms with Gasteiger partial charge in [0, 0.05) is 6.42 Å². The molecule has 0 heterocycles. The Balaban J connectivity index is 2.51. The molecule has 0 radical (unpaired) electrons. The third-order valence-corrected chi connectivity index (χ3v) is 2.49. The fourth-order valence-electron chi connectivity index (χ4n) is 1.45. The lowest BCUT2D eigenvalue weighted by atomic mass is 10.1. The van der Waals surface area contributed by atoms with Crippen molar-refractivity contribution in [2.24, 2.45) is 0 Å². The van der Waals surface area contributed by atoms with Crippen LogP contribution in [0.25, 0.3) is 6.08 Å². The summed E-state index contributed by atoms with van der Waals surface area (Å²) in [4.78, 5) is 22.7. The van der Waals surface area contributed by atoms with Gasteiger partial charge in [-0.15, -0.1) is 0 Å². The van der Waals surface area contributed by atoms with Crippen LogP contribution in [0.1, 0.15) is 24.5 Å². The Morgan fingerprint density at radius 3 is 2.53 bits per heavy atom. The van der Waals surface area contributed by atoms with Crippen LogP contribution in [0, 0.1) is 6.92 Å². The van der Waals surface area contributed by atoms with E-state index >= 15 is 0 Å². The molecule has 1 atom stereocenters. The summed E-state index contributed by atoms with van der Waals surface area (Å²) in [5.74, 6) is -1.08. The highest BCUT2D eigenvalue weighted by Crippen LogP contribution is 2.06. The Bertz CT molecular complexity index is 460. The Labute approximate surface area is 112 Å². The number of allylic oxidation sites excluding steroid dienone is 1. The number of rotatable bonds is 6. The normalized spacial score (nSPS) is 12.4. The first-order valence-electron chi connectivity index (χ1n) is 6.15. The van der Waals surface area contributed by atoms with Crippen LogP contribution < -0.4 is 0 Å². The molecule has 102 valence electrons. The molecule has 0 aliphatic carbocycles. The minimum atomic E-state index is -1.39. The van der Waals surface area contributed by atoms with E-state index in [9.17, 15) is 14.7 Å². The molecule has 0 spiro atoms. The van der Waals surface area contributed by atoms with Gasteiger partial charge in [-0.3, -0.25) is 4.79 Å². The third kappa shape index (κ3) is 5.48. The van der Waals surface area contributed by atoms with Gasteiger partial charge >= 0.3 is 5.97 Å². The van der Waals surface area contributed by atoms with Gasteiger partial charge in [-0.05, 0) is 25.5 Å². The maximum Gasteiger partial charge on any atom is 0.335 e. The van der Waals surface area contributed by atoms with Gasteiger partial charge in [0.25, 0.3) is 0 Å². The molecule has 1 rings (SSSR count). The smallest absolute Gasteiger partial charge is 0.335 e. The van der Waals surface area contributed by atoms with Gasteiger partial charge in [-0.2, -0.15) is 0 Å². The second-order valence-electron chi connectivity index (χ2n) is 4.18. The first kappa shape index (κ1) is 15.1. The predicted octanol–water partition coefficient (Wildman–Crippen LogP) is 1.89. The third-order valence-electron chi connectivity index (χ3n) is 2.49. The minimum absolute atomic E-state index is 0.184. The molecule has 0 saturated heterocycles. The van der Waals surface area contributed by atoms with Crippen molar-refractivity contribution in [1.82, 2.24) is 0 Å². The number of benzene rings is 1. The largest absolute Gasteiger partial charge is 0.464 e. The quantitative estimate of drug-likeness (QED) is 0.628. The first-order valence-corrected chi connectivity index (χ1v) is 6.15. The summed E-state index contributed by atoms with van der Waals surface area (Å²) >= 11 is 0. The van der Waals surface area contributed by atoms with E-state index in [1.807, 2.05) is 31.2 Å². The molecule has 0 fully saturated rings. The molecule has 0 saturated carbocycles. The predicted molar refractivity (Wildman–Crippen MR) is 72.5 cm³/mol. The maximum absolute atomic E-state index is 11.5. The van der Waals surface area contributed by atoms with Gasteiger partial charge in [-0.1, -0.05) is 35.9 Å². The average Bonchev–Trinajstić information content (AvgIpc) is 2.38. The molecule has 0 aliphatic heterocycles. The number of carbonyl (C=O) groups excluding carboxylic acids is 2. The summed E-state index contributed by atoms with van der Waals surface area (Å²) in [6.07, 6.45) is 1.35. The van der Waals surface area contributed by atoms with Crippen molar-refractivity contribution in [1.29, 1.82) is 0 Å². The number of hydrogen-bond acceptors (Lipinski definition) is 4. The van der Waals surface area contributed by atoms with E-state index in [-0.39, 0.29) is 18.8 Å². The summed E-state index contributed by atoms with van der Waals surface area (Å²) in [6.45, 7) is 3.81. The van der Waals surface area contributed by atoms with E-state index in [0.29, 0.717) is 0 Å². The lowest BCUT2D eigenvalue weighted by molar-refractivity contribution is -0.154. The lowest BCUT2D eigenvalue weighted by Crippen LogP contribution is -2.25. The number of aliphatic hydroxyl groups is 1. The average molecular weight is 262 g/mol. The fraction of sp³-hybridized carbons (Fsp3) is 0.333. The van der Waals surface area contributed by atoms with Crippen LogP contribution in [-0.4, -0.2) is 29.6 Å². The summed E-state index contributed by atoms with van der Waals surface area (Å²) in [6, 6.07) is 7.66. The van der Waals surface area contributed by atoms with Crippen molar-refractivity contribution >= 4 is 17.8 Å². The molecule has 1 aromatic carbocycles. The highest BCUT2D eigenvalue weighted by molar-refractivity contribution is 5.96. The van der Waals surface area contributed by atoms with Crippen LogP contribution in [0.15, 0.2) is 30.3 Å². The SMILES string of the molecule is CCOC(=O)[C@@H](O)CC(=O)/C=C/c1ccc(C)cc1. The van der Waals surface area contributed by atoms with Crippen LogP contribution in [0.3, 0.4) is 0 Å². The summed E-state index contributed by atoms with van der Waals surface area (Å²) in [5, 5.41) is 9.42. The Morgan fingerprint density at radius 2 is 1.95 bits per heavy atom. The molecule has 19 heavy (non-hydrogen) atoms. The van der Waals surface area contributed by atoms with E-state index in [2.05, 4.69) is 4.74 Å². The van der Waals surface area contributed by atoms with Gasteiger partial charge in [0.05, 0.1) is 6.61 Å². The number of esters is 1. The topological polar surface area (TPSA) is 63.6 Å². The van der Waals surface area contributed by atoms with Crippen molar-refractivity contribution in [2.75, 3.05) is 6.61 Å². The van der Waals surface area contributed by atoms with E-state index in [0.717, 1.165) is 11.1 Å². The number of carbonyl (C=O) groups is 2. The van der Waals surface area contributed by atoms with Crippen molar-refractivity contribution in [2.45, 2.75) is 26.4 Å². The second kappa shape index (κ2) is 7.48. The second-order valence-corrected chi connectivity index (χ2v) is 4.18. The highest BCUT2D eigenvalue weighted by Gasteiger charge is 2.18. The van der Waals surface area contributed by atoms with E-state index in [1.165, 1.54) is 6.08 Å². The number of ether oxygens (including phenoxy) is 1. The van der Waals surface area contributed by atoms with E-state index < -0.39 is 12.1 Å². The van der Waals surface area contributed by atoms with Crippen molar-refractivity contribution in [3.63, 3.8) is 0 Å². The molecule has 1 aromatic rings. The van der Waals surface area contributed by atoms with Gasteiger partial charge in [0.15, 0.2) is 11.9 Å². The molecule has 0 unspecified atom stereocenters. The number of ketones is 1. The van der Waals surface area contributed by atoms with Gasteiger partial charge in [0.2, 0.25) is 0 Å². The van der Waals surface area contributed by atoms with E-state index in [1.54, 1.807) is 13.0 Å². The lowest BCUT2D eigenvalue weighted by Gasteiger charge is -2.06. The van der Waals surface area contributed by atoms with Crippen LogP contribution in [0.4, 0.5) is 0 Å². The Morgan fingerprint density at radius 1 is 1.32 bits per heavy atom. The maximum atomic E-state index is 11.5. The molecular weight excluding hydrogens is 244 g/mol. The zero-order valence-electron chi connectivity index (χ0n) is 11.1. The zero-order chi connectivity index (χ0) is 14.3. The molecular formula is C15H18O4. The number of aryl methyl sites for hydroxylation is 1. The highest BCUT2D eigenvalue weighted by atomic mass is 16.5. The Hall–Kier alpha value is -1.94. The van der Waals surface area contributed by atoms with Gasteiger partial charge in [0.1, 0.15) is 0 Å². The van der Waals surface area contributed by atoms with E-state index in [4.69, 9.17) is 0 Å². The molecule has 0 amide bonds. The van der Waals surface area contributed by atoms with Crippen molar-refractivity contribution in [3.8, 4) is 0 Å². The van der Waals surface area contributed by atoms with Gasteiger partial charge in [-0.25, -0.2) is 4.79 Å². The Kier molecular flexibility index (Phi) is 5.96. The van der Waals surface area contributed by atoms with Crippen molar-refractivity contribution < 1.29 is 19.4 Å². The number of hydrogen-bond donors (Lipinski definition) is 1. The van der Waals surface area contributed by atoms with Crippen LogP contribution in [0.2, 0.25) is 0 Å². The standard InChI is InChI=1S/C15H18O4/c1-3-19-15(18)14(17)10-13(16)9-8-12-6-4-11(2)5-7-12/h4-9,14,17H,3,10H2,1-2H3/b9-8+/t14-/m0/s1. The number of aliphatic hydroxyl groups excluding tert-OH is 1. The van der Waals surface area contributed by atoms with Crippen LogP contribution in [-0.2, 0) is 14.3 Å².